The maximum atomic E-state index is 14.2. The van der Waals surface area contributed by atoms with Crippen molar-refractivity contribution in [2.75, 3.05) is 33.9 Å². The van der Waals surface area contributed by atoms with Crippen LogP contribution in [0.15, 0.2) is 72.8 Å². The molecule has 0 spiro atoms. The van der Waals surface area contributed by atoms with E-state index >= 15 is 0 Å². The number of amides is 5. The van der Waals surface area contributed by atoms with E-state index in [1.807, 2.05) is 12.1 Å². The highest BCUT2D eigenvalue weighted by molar-refractivity contribution is 5.99. The molecule has 13 nitrogen and oxygen atoms in total. The molecule has 0 aromatic heterocycles. The van der Waals surface area contributed by atoms with Gasteiger partial charge in [-0.1, -0.05) is 44.2 Å². The molecule has 2 heterocycles. The molecular weight excluding hydrogens is 702 g/mol. The van der Waals surface area contributed by atoms with Gasteiger partial charge >= 0.3 is 0 Å². The largest absolute Gasteiger partial charge is 0.497 e. The fraction of sp³-hybridized carbons (Fsp3) is 0.452. The molecule has 6 rings (SSSR count). The number of carbonyl (C=O) groups excluding carboxylic acids is 5. The lowest BCUT2D eigenvalue weighted by atomic mass is 10.0. The van der Waals surface area contributed by atoms with Crippen LogP contribution in [0.5, 0.6) is 17.2 Å². The number of hydrogen-bond acceptors (Lipinski definition) is 8. The monoisotopic (exact) mass is 755 g/mol. The lowest BCUT2D eigenvalue weighted by Crippen LogP contribution is -2.58. The van der Waals surface area contributed by atoms with Crippen LogP contribution in [0.3, 0.4) is 0 Å². The van der Waals surface area contributed by atoms with Crippen LogP contribution in [0, 0.1) is 11.8 Å². The average molecular weight is 756 g/mol. The molecule has 0 unspecified atom stereocenters. The molecule has 0 radical (unpaired) electrons. The van der Waals surface area contributed by atoms with Crippen LogP contribution in [0.2, 0.25) is 0 Å². The molecule has 5 amide bonds. The van der Waals surface area contributed by atoms with E-state index in [4.69, 9.17) is 14.2 Å². The molecule has 4 atom stereocenters. The molecular formula is C42H53N5O8. The highest BCUT2D eigenvalue weighted by Crippen LogP contribution is 2.30. The molecule has 3 aromatic carbocycles. The lowest BCUT2D eigenvalue weighted by Gasteiger charge is -2.29. The van der Waals surface area contributed by atoms with E-state index in [2.05, 4.69) is 35.1 Å². The van der Waals surface area contributed by atoms with Crippen molar-refractivity contribution in [1.82, 2.24) is 26.2 Å². The third kappa shape index (κ3) is 12.2. The Hall–Kier alpha value is -5.59. The van der Waals surface area contributed by atoms with E-state index in [-0.39, 0.29) is 49.8 Å². The number of rotatable bonds is 10. The highest BCUT2D eigenvalue weighted by Gasteiger charge is 2.34. The van der Waals surface area contributed by atoms with Gasteiger partial charge in [-0.3, -0.25) is 24.0 Å². The number of ether oxygens (including phenoxy) is 3. The summed E-state index contributed by atoms with van der Waals surface area (Å²) >= 11 is 0. The molecule has 1 aliphatic carbocycles. The minimum absolute atomic E-state index is 0.0799. The maximum absolute atomic E-state index is 14.2. The van der Waals surface area contributed by atoms with Crippen molar-refractivity contribution in [2.45, 2.75) is 77.0 Å². The molecule has 13 heteroatoms. The Bertz CT molecular complexity index is 1790. The summed E-state index contributed by atoms with van der Waals surface area (Å²) in [4.78, 5) is 70.7. The van der Waals surface area contributed by atoms with Crippen molar-refractivity contribution in [2.24, 2.45) is 11.8 Å². The Balaban J connectivity index is 1.48. The number of nitrogens with zero attached hydrogens (tertiary/aromatic N) is 1. The first kappa shape index (κ1) is 40.6. The van der Waals surface area contributed by atoms with Gasteiger partial charge in [0.2, 0.25) is 23.6 Å². The third-order valence-corrected chi connectivity index (χ3v) is 9.67. The van der Waals surface area contributed by atoms with Crippen molar-refractivity contribution in [1.29, 1.82) is 0 Å². The smallest absolute Gasteiger partial charge is 0.252 e. The summed E-state index contributed by atoms with van der Waals surface area (Å²) in [7, 11) is 3.05. The van der Waals surface area contributed by atoms with E-state index in [0.717, 1.165) is 24.0 Å². The lowest BCUT2D eigenvalue weighted by molar-refractivity contribution is -0.140. The minimum Gasteiger partial charge on any atom is -0.497 e. The Labute approximate surface area is 322 Å². The van der Waals surface area contributed by atoms with E-state index < -0.39 is 41.8 Å². The number of nitrogens with one attached hydrogen (secondary N) is 4. The topological polar surface area (TPSA) is 164 Å². The number of hydrogen-bond donors (Lipinski definition) is 4. The van der Waals surface area contributed by atoms with Crippen molar-refractivity contribution in [3.05, 3.63) is 89.5 Å². The van der Waals surface area contributed by atoms with Crippen molar-refractivity contribution < 1.29 is 38.2 Å². The van der Waals surface area contributed by atoms with Gasteiger partial charge in [-0.05, 0) is 91.6 Å². The van der Waals surface area contributed by atoms with Gasteiger partial charge in [0.05, 0.1) is 26.8 Å². The van der Waals surface area contributed by atoms with Crippen LogP contribution in [0.1, 0.15) is 61.5 Å². The standard InChI is InChI=1S/C42H53N5O8/c1-26(2)19-32-25-55-34-17-13-29(14-18-34)21-37(45-39(49)31-7-6-8-35(22-31)54-5)41(51)46-36(20-28-11-15-33(53-4)16-12-28)40(50)43-27(3)42(52)47(23-30-9-10-30)24-38(48)44-32/h6-8,11-18,22,26-27,30,32,36-37H,9-10,19-21,23-25H2,1-5H3,(H,43,50)(H,44,48)(H,45,49)(H,46,51)/t27-,32+,36+,37+/m1/s1. The molecule has 2 bridgehead atoms. The molecule has 55 heavy (non-hydrogen) atoms. The Kier molecular flexibility index (Phi) is 14.1. The quantitative estimate of drug-likeness (QED) is 0.229. The zero-order valence-corrected chi connectivity index (χ0v) is 32.3. The predicted molar refractivity (Wildman–Crippen MR) is 207 cm³/mol. The number of fused-ring (bicyclic) bond motifs is 17. The molecule has 3 aliphatic rings. The molecule has 294 valence electrons. The molecule has 4 N–H and O–H groups in total. The van der Waals surface area contributed by atoms with Crippen LogP contribution in [-0.4, -0.2) is 92.5 Å². The second-order valence-corrected chi connectivity index (χ2v) is 14.8. The summed E-state index contributed by atoms with van der Waals surface area (Å²) in [5.41, 5.74) is 1.75. The zero-order chi connectivity index (χ0) is 39.5. The van der Waals surface area contributed by atoms with Gasteiger partial charge < -0.3 is 40.4 Å². The van der Waals surface area contributed by atoms with E-state index in [0.29, 0.717) is 35.8 Å². The van der Waals surface area contributed by atoms with Crippen LogP contribution in [0.25, 0.3) is 0 Å². The number of carbonyl (C=O) groups is 5. The van der Waals surface area contributed by atoms with Gasteiger partial charge in [-0.2, -0.15) is 0 Å². The van der Waals surface area contributed by atoms with Gasteiger partial charge in [0.1, 0.15) is 42.0 Å². The summed E-state index contributed by atoms with van der Waals surface area (Å²) in [6, 6.07) is 17.3. The molecule has 3 aromatic rings. The first-order chi connectivity index (χ1) is 26.4. The molecule has 2 aliphatic heterocycles. The number of methoxy groups -OCH3 is 2. The second-order valence-electron chi connectivity index (χ2n) is 14.8. The van der Waals surface area contributed by atoms with Crippen LogP contribution >= 0.6 is 0 Å². The minimum atomic E-state index is -1.13. The normalized spacial score (nSPS) is 21.5. The first-order valence-electron chi connectivity index (χ1n) is 18.9. The van der Waals surface area contributed by atoms with E-state index in [9.17, 15) is 24.0 Å². The fourth-order valence-electron chi connectivity index (χ4n) is 6.53. The fourth-order valence-corrected chi connectivity index (χ4v) is 6.53. The predicted octanol–water partition coefficient (Wildman–Crippen LogP) is 3.44. The van der Waals surface area contributed by atoms with E-state index in [1.165, 1.54) is 12.0 Å². The van der Waals surface area contributed by atoms with Crippen molar-refractivity contribution in [3.63, 3.8) is 0 Å². The van der Waals surface area contributed by atoms with Crippen molar-refractivity contribution in [3.8, 4) is 17.2 Å². The van der Waals surface area contributed by atoms with Crippen LogP contribution < -0.4 is 35.5 Å². The van der Waals surface area contributed by atoms with E-state index in [1.54, 1.807) is 74.7 Å². The van der Waals surface area contributed by atoms with Gasteiger partial charge in [0.25, 0.3) is 5.91 Å². The molecule has 1 saturated carbocycles. The molecule has 0 saturated heterocycles. The summed E-state index contributed by atoms with van der Waals surface area (Å²) < 4.78 is 16.7. The number of benzene rings is 3. The third-order valence-electron chi connectivity index (χ3n) is 9.67. The highest BCUT2D eigenvalue weighted by atomic mass is 16.5. The van der Waals surface area contributed by atoms with Crippen LogP contribution in [0.4, 0.5) is 0 Å². The van der Waals surface area contributed by atoms with Crippen molar-refractivity contribution >= 4 is 29.5 Å². The zero-order valence-electron chi connectivity index (χ0n) is 32.3. The van der Waals surface area contributed by atoms with Crippen LogP contribution in [-0.2, 0) is 32.0 Å². The first-order valence-corrected chi connectivity index (χ1v) is 18.9. The average Bonchev–Trinajstić information content (AvgIpc) is 4.00. The summed E-state index contributed by atoms with van der Waals surface area (Å²) in [5.74, 6) is -0.173. The second kappa shape index (κ2) is 19.1. The van der Waals surface area contributed by atoms with Gasteiger partial charge in [-0.15, -0.1) is 0 Å². The van der Waals surface area contributed by atoms with Gasteiger partial charge in [0.15, 0.2) is 0 Å². The Morgan fingerprint density at radius 1 is 0.891 bits per heavy atom. The summed E-state index contributed by atoms with van der Waals surface area (Å²) in [6.45, 7) is 6.14. The maximum Gasteiger partial charge on any atom is 0.252 e. The molecule has 1 fully saturated rings. The Morgan fingerprint density at radius 2 is 1.60 bits per heavy atom. The van der Waals surface area contributed by atoms with Gasteiger partial charge in [0, 0.05) is 24.9 Å². The SMILES string of the molecule is COc1ccc(C[C@@H]2NC(=O)[C@@H](NC(=O)c3cccc(OC)c3)Cc3ccc(cc3)OC[C@H](CC(C)C)NC(=O)CN(CC3CC3)C(=O)[C@@H](C)NC2=O)cc1. The summed E-state index contributed by atoms with van der Waals surface area (Å²) in [5, 5.41) is 11.6. The Morgan fingerprint density at radius 3 is 2.25 bits per heavy atom. The van der Waals surface area contributed by atoms with Gasteiger partial charge in [-0.25, -0.2) is 0 Å². The summed E-state index contributed by atoms with van der Waals surface area (Å²) in [6.07, 6.45) is 2.75.